The van der Waals surface area contributed by atoms with E-state index < -0.39 is 5.60 Å². The van der Waals surface area contributed by atoms with E-state index in [0.29, 0.717) is 13.0 Å². The lowest BCUT2D eigenvalue weighted by Crippen LogP contribution is -2.48. The van der Waals surface area contributed by atoms with Crippen LogP contribution >= 0.6 is 0 Å². The molecule has 0 aliphatic carbocycles. The summed E-state index contributed by atoms with van der Waals surface area (Å²) in [5.74, 6) is 0.192. The van der Waals surface area contributed by atoms with Gasteiger partial charge in [0.05, 0.1) is 5.60 Å². The zero-order valence-corrected chi connectivity index (χ0v) is 11.0. The van der Waals surface area contributed by atoms with E-state index in [1.165, 1.54) is 0 Å². The molecule has 0 aromatic heterocycles. The number of nitrogens with two attached hydrogens (primary N) is 1. The third kappa shape index (κ3) is 5.50. The third-order valence-corrected chi connectivity index (χ3v) is 3.37. The Balaban J connectivity index is 2.18. The molecular weight excluding hydrogens is 216 g/mol. The number of unbranched alkanes of at least 4 members (excludes halogenated alkanes) is 3. The molecule has 4 heteroatoms. The second-order valence-electron chi connectivity index (χ2n) is 5.37. The molecule has 1 saturated heterocycles. The van der Waals surface area contributed by atoms with Crippen molar-refractivity contribution in [3.05, 3.63) is 0 Å². The van der Waals surface area contributed by atoms with Gasteiger partial charge >= 0.3 is 0 Å². The van der Waals surface area contributed by atoms with E-state index in [0.717, 1.165) is 51.6 Å². The highest BCUT2D eigenvalue weighted by Gasteiger charge is 2.30. The molecule has 0 radical (unpaired) electrons. The van der Waals surface area contributed by atoms with Gasteiger partial charge in [-0.05, 0) is 39.2 Å². The van der Waals surface area contributed by atoms with Gasteiger partial charge in [-0.3, -0.25) is 4.79 Å². The van der Waals surface area contributed by atoms with Gasteiger partial charge in [-0.25, -0.2) is 0 Å². The summed E-state index contributed by atoms with van der Waals surface area (Å²) >= 11 is 0. The van der Waals surface area contributed by atoms with Crippen LogP contribution in [0.5, 0.6) is 0 Å². The normalized spacial score (nSPS) is 25.0. The fraction of sp³-hybridized carbons (Fsp3) is 0.923. The fourth-order valence-corrected chi connectivity index (χ4v) is 2.37. The summed E-state index contributed by atoms with van der Waals surface area (Å²) in [6.45, 7) is 3.85. The maximum atomic E-state index is 11.9. The quantitative estimate of drug-likeness (QED) is 0.689. The van der Waals surface area contributed by atoms with E-state index in [9.17, 15) is 9.90 Å². The Morgan fingerprint density at radius 1 is 1.35 bits per heavy atom. The van der Waals surface area contributed by atoms with E-state index in [4.69, 9.17) is 5.73 Å². The van der Waals surface area contributed by atoms with Crippen molar-refractivity contribution in [3.63, 3.8) is 0 Å². The van der Waals surface area contributed by atoms with Crippen LogP contribution in [0.4, 0.5) is 0 Å². The van der Waals surface area contributed by atoms with Crippen molar-refractivity contribution < 1.29 is 9.90 Å². The summed E-state index contributed by atoms with van der Waals surface area (Å²) in [5.41, 5.74) is 4.73. The summed E-state index contributed by atoms with van der Waals surface area (Å²) in [7, 11) is 0. The Bertz CT molecular complexity index is 242. The molecule has 1 amide bonds. The van der Waals surface area contributed by atoms with E-state index in [1.807, 2.05) is 11.8 Å². The summed E-state index contributed by atoms with van der Waals surface area (Å²) in [4.78, 5) is 13.7. The second kappa shape index (κ2) is 6.97. The molecule has 0 bridgehead atoms. The highest BCUT2D eigenvalue weighted by atomic mass is 16.3. The molecule has 1 rings (SSSR count). The fourth-order valence-electron chi connectivity index (χ4n) is 2.37. The molecule has 1 heterocycles. The Kier molecular flexibility index (Phi) is 5.92. The van der Waals surface area contributed by atoms with Crippen LogP contribution in [-0.2, 0) is 4.79 Å². The Labute approximate surface area is 104 Å². The lowest BCUT2D eigenvalue weighted by molar-refractivity contribution is -0.137. The maximum absolute atomic E-state index is 11.9. The number of nitrogens with zero attached hydrogens (tertiary/aromatic N) is 1. The molecule has 1 unspecified atom stereocenters. The van der Waals surface area contributed by atoms with Gasteiger partial charge in [-0.15, -0.1) is 0 Å². The number of likely N-dealkylation sites (tertiary alicyclic amines) is 1. The Morgan fingerprint density at radius 3 is 2.71 bits per heavy atom. The lowest BCUT2D eigenvalue weighted by atomic mass is 9.95. The van der Waals surface area contributed by atoms with E-state index in [-0.39, 0.29) is 5.91 Å². The minimum absolute atomic E-state index is 0.192. The summed E-state index contributed by atoms with van der Waals surface area (Å²) in [6.07, 6.45) is 6.50. The maximum Gasteiger partial charge on any atom is 0.222 e. The van der Waals surface area contributed by atoms with Gasteiger partial charge < -0.3 is 15.7 Å². The van der Waals surface area contributed by atoms with E-state index in [2.05, 4.69) is 0 Å². The minimum Gasteiger partial charge on any atom is -0.388 e. The molecule has 0 aromatic carbocycles. The van der Waals surface area contributed by atoms with Crippen LogP contribution in [0.2, 0.25) is 0 Å². The molecule has 1 aliphatic heterocycles. The van der Waals surface area contributed by atoms with Gasteiger partial charge in [0.2, 0.25) is 5.91 Å². The smallest absolute Gasteiger partial charge is 0.222 e. The van der Waals surface area contributed by atoms with Crippen molar-refractivity contribution in [3.8, 4) is 0 Å². The molecule has 3 N–H and O–H groups in total. The number of carbonyl (C=O) groups excluding carboxylic acids is 1. The Morgan fingerprint density at radius 2 is 2.06 bits per heavy atom. The number of β-amino-alcohol motifs (C(OH)–C–C–N with tert-alkyl or cyclic N) is 1. The van der Waals surface area contributed by atoms with Crippen LogP contribution < -0.4 is 5.73 Å². The third-order valence-electron chi connectivity index (χ3n) is 3.37. The van der Waals surface area contributed by atoms with Crippen LogP contribution in [0.1, 0.15) is 51.9 Å². The summed E-state index contributed by atoms with van der Waals surface area (Å²) in [6, 6.07) is 0. The van der Waals surface area contributed by atoms with Crippen LogP contribution in [-0.4, -0.2) is 41.1 Å². The number of hydrogen-bond acceptors (Lipinski definition) is 3. The molecule has 1 fully saturated rings. The highest BCUT2D eigenvalue weighted by Crippen LogP contribution is 2.21. The van der Waals surface area contributed by atoms with Crippen molar-refractivity contribution in [2.75, 3.05) is 19.6 Å². The molecular formula is C13H26N2O2. The predicted octanol–water partition coefficient (Wildman–Crippen LogP) is 1.27. The molecule has 4 nitrogen and oxygen atoms in total. The van der Waals surface area contributed by atoms with E-state index in [1.54, 1.807) is 0 Å². The van der Waals surface area contributed by atoms with Crippen molar-refractivity contribution in [2.45, 2.75) is 57.5 Å². The number of hydrogen-bond donors (Lipinski definition) is 2. The zero-order valence-electron chi connectivity index (χ0n) is 11.0. The van der Waals surface area contributed by atoms with Crippen molar-refractivity contribution in [1.29, 1.82) is 0 Å². The van der Waals surface area contributed by atoms with Gasteiger partial charge in [0.25, 0.3) is 0 Å². The van der Waals surface area contributed by atoms with Crippen molar-refractivity contribution in [1.82, 2.24) is 4.90 Å². The second-order valence-corrected chi connectivity index (χ2v) is 5.37. The van der Waals surface area contributed by atoms with Gasteiger partial charge in [-0.1, -0.05) is 12.8 Å². The van der Waals surface area contributed by atoms with Gasteiger partial charge in [0.1, 0.15) is 0 Å². The van der Waals surface area contributed by atoms with Crippen LogP contribution in [0.3, 0.4) is 0 Å². The first-order valence-corrected chi connectivity index (χ1v) is 6.75. The number of carbonyl (C=O) groups is 1. The number of amides is 1. The first-order chi connectivity index (χ1) is 8.05. The first kappa shape index (κ1) is 14.5. The molecule has 17 heavy (non-hydrogen) atoms. The molecule has 1 aliphatic rings. The zero-order chi connectivity index (χ0) is 12.7. The largest absolute Gasteiger partial charge is 0.388 e. The highest BCUT2D eigenvalue weighted by molar-refractivity contribution is 5.76. The predicted molar refractivity (Wildman–Crippen MR) is 68.6 cm³/mol. The standard InChI is InChI=1S/C13H26N2O2/c1-13(17)8-6-10-15(11-13)12(16)7-4-2-3-5-9-14/h17H,2-11,14H2,1H3. The van der Waals surface area contributed by atoms with Crippen LogP contribution in [0, 0.1) is 0 Å². The van der Waals surface area contributed by atoms with Gasteiger partial charge in [0.15, 0.2) is 0 Å². The molecule has 100 valence electrons. The number of aliphatic hydroxyl groups is 1. The summed E-state index contributed by atoms with van der Waals surface area (Å²) in [5, 5.41) is 9.93. The Hall–Kier alpha value is -0.610. The number of rotatable bonds is 6. The number of piperidine rings is 1. The van der Waals surface area contributed by atoms with Gasteiger partial charge in [0, 0.05) is 19.5 Å². The monoisotopic (exact) mass is 242 g/mol. The molecule has 0 saturated carbocycles. The lowest BCUT2D eigenvalue weighted by Gasteiger charge is -2.36. The molecule has 0 aromatic rings. The average molecular weight is 242 g/mol. The first-order valence-electron chi connectivity index (χ1n) is 6.75. The minimum atomic E-state index is -0.687. The molecule has 1 atom stereocenters. The van der Waals surface area contributed by atoms with Crippen LogP contribution in [0.25, 0.3) is 0 Å². The summed E-state index contributed by atoms with van der Waals surface area (Å²) < 4.78 is 0. The SMILES string of the molecule is CC1(O)CCCN(C(=O)CCCCCCN)C1. The average Bonchev–Trinajstić information content (AvgIpc) is 2.27. The van der Waals surface area contributed by atoms with Gasteiger partial charge in [-0.2, -0.15) is 0 Å². The molecule has 0 spiro atoms. The van der Waals surface area contributed by atoms with E-state index >= 15 is 0 Å². The van der Waals surface area contributed by atoms with Crippen molar-refractivity contribution >= 4 is 5.91 Å². The van der Waals surface area contributed by atoms with Crippen molar-refractivity contribution in [2.24, 2.45) is 5.73 Å². The topological polar surface area (TPSA) is 66.6 Å². The van der Waals surface area contributed by atoms with Crippen LogP contribution in [0.15, 0.2) is 0 Å².